The molecule has 3 rings (SSSR count). The molecule has 3 atom stereocenters. The highest BCUT2D eigenvalue weighted by Gasteiger charge is 2.39. The molecule has 3 aromatic rings. The smallest absolute Gasteiger partial charge is 0.378 e. The molecule has 0 spiro atoms. The fourth-order valence-electron chi connectivity index (χ4n) is 4.37. The molecule has 0 bridgehead atoms. The van der Waals surface area contributed by atoms with Crippen LogP contribution in [-0.4, -0.2) is 28.7 Å². The van der Waals surface area contributed by atoms with E-state index < -0.39 is 82.0 Å². The summed E-state index contributed by atoms with van der Waals surface area (Å²) in [6.45, 7) is 0.586. The monoisotopic (exact) mass is 657 g/mol. The van der Waals surface area contributed by atoms with Crippen molar-refractivity contribution < 1.29 is 44.3 Å². The van der Waals surface area contributed by atoms with E-state index in [9.17, 15) is 49.1 Å². The Morgan fingerprint density at radius 2 is 1.53 bits per heavy atom. The number of halogens is 9. The molecular formula is C27H26F9N3O2P2. The van der Waals surface area contributed by atoms with Crippen LogP contribution < -0.4 is 16.2 Å². The van der Waals surface area contributed by atoms with Crippen molar-refractivity contribution in [1.29, 1.82) is 0 Å². The quantitative estimate of drug-likeness (QED) is 0.195. The van der Waals surface area contributed by atoms with Gasteiger partial charge in [0.1, 0.15) is 22.9 Å². The van der Waals surface area contributed by atoms with E-state index in [2.05, 4.69) is 10.6 Å². The van der Waals surface area contributed by atoms with Crippen LogP contribution in [0.2, 0.25) is 0 Å². The van der Waals surface area contributed by atoms with Gasteiger partial charge in [-0.15, -0.1) is 0 Å². The van der Waals surface area contributed by atoms with Gasteiger partial charge in [0.2, 0.25) is 0 Å². The number of carbonyl (C=O) groups excluding carboxylic acids is 1. The summed E-state index contributed by atoms with van der Waals surface area (Å²) in [6.07, 6.45) is -5.41. The SMILES string of the molecule is C[C@H](Cc1cccc(Cc2c(C(F)(F)P)cc(C(F)(F)F)n(C)c2=O)c1)NC(=O)c1c(F)cc(NCC(F)(F)P)cc1F. The van der Waals surface area contributed by atoms with E-state index in [1.165, 1.54) is 34.4 Å². The fraction of sp³-hybridized carbons (Fsp3) is 0.333. The molecule has 43 heavy (non-hydrogen) atoms. The van der Waals surface area contributed by atoms with Gasteiger partial charge in [-0.25, -0.2) is 17.6 Å². The largest absolute Gasteiger partial charge is 0.431 e. The molecule has 1 heterocycles. The van der Waals surface area contributed by atoms with Gasteiger partial charge in [0.25, 0.3) is 22.8 Å². The van der Waals surface area contributed by atoms with Gasteiger partial charge in [-0.3, -0.25) is 9.59 Å². The average molecular weight is 657 g/mol. The summed E-state index contributed by atoms with van der Waals surface area (Å²) < 4.78 is 124. The Bertz CT molecular complexity index is 1540. The van der Waals surface area contributed by atoms with Crippen LogP contribution in [0.25, 0.3) is 0 Å². The summed E-state index contributed by atoms with van der Waals surface area (Å²) in [7, 11) is 3.23. The maximum atomic E-state index is 14.5. The van der Waals surface area contributed by atoms with Crippen molar-refractivity contribution in [3.8, 4) is 0 Å². The Balaban J connectivity index is 1.79. The Morgan fingerprint density at radius 3 is 2.07 bits per heavy atom. The lowest BCUT2D eigenvalue weighted by molar-refractivity contribution is -0.143. The molecule has 0 aliphatic heterocycles. The van der Waals surface area contributed by atoms with E-state index in [1.54, 1.807) is 6.07 Å². The van der Waals surface area contributed by atoms with Crippen molar-refractivity contribution in [2.75, 3.05) is 11.9 Å². The number of rotatable bonds is 10. The van der Waals surface area contributed by atoms with Gasteiger partial charge < -0.3 is 15.2 Å². The van der Waals surface area contributed by atoms with Gasteiger partial charge in [-0.2, -0.15) is 22.0 Å². The zero-order chi connectivity index (χ0) is 32.5. The molecule has 234 valence electrons. The first kappa shape index (κ1) is 34.4. The van der Waals surface area contributed by atoms with E-state index >= 15 is 0 Å². The van der Waals surface area contributed by atoms with Gasteiger partial charge >= 0.3 is 6.18 Å². The molecule has 1 amide bonds. The molecule has 0 saturated heterocycles. The lowest BCUT2D eigenvalue weighted by atomic mass is 9.97. The van der Waals surface area contributed by atoms with Crippen LogP contribution in [0, 0.1) is 11.6 Å². The lowest BCUT2D eigenvalue weighted by Crippen LogP contribution is -2.35. The first-order chi connectivity index (χ1) is 19.7. The summed E-state index contributed by atoms with van der Waals surface area (Å²) in [5.41, 5.74) is -11.9. The molecule has 1 aromatic heterocycles. The second-order valence-corrected chi connectivity index (χ2v) is 11.5. The minimum atomic E-state index is -5.05. The predicted octanol–water partition coefficient (Wildman–Crippen LogP) is 6.44. The topological polar surface area (TPSA) is 63.1 Å². The Morgan fingerprint density at radius 1 is 0.953 bits per heavy atom. The summed E-state index contributed by atoms with van der Waals surface area (Å²) in [6, 6.07) is 6.96. The van der Waals surface area contributed by atoms with Crippen LogP contribution >= 0.6 is 18.5 Å². The first-order valence-electron chi connectivity index (χ1n) is 12.4. The number of benzene rings is 2. The van der Waals surface area contributed by atoms with Gasteiger partial charge in [0, 0.05) is 36.3 Å². The standard InChI is InChI=1S/C27H26F9N3O2P2/c1-13(38-23(40)22-19(28)9-16(10-20(22)29)37-12-25(30,31)42)6-14-4-3-5-15(7-14)8-17-18(27(35,36)43)11-21(26(32,33)34)39(2)24(17)41/h3-5,7,9-11,13,37H,6,8,12,42-43H2,1-2H3,(H,38,40)/t13-/m1/s1. The van der Waals surface area contributed by atoms with Crippen molar-refractivity contribution in [3.63, 3.8) is 0 Å². The first-order valence-corrected chi connectivity index (χ1v) is 13.6. The summed E-state index contributed by atoms with van der Waals surface area (Å²) in [4.78, 5) is 25.4. The average Bonchev–Trinajstić information content (AvgIpc) is 2.83. The molecule has 5 nitrogen and oxygen atoms in total. The number of hydrogen-bond donors (Lipinski definition) is 2. The summed E-state index contributed by atoms with van der Waals surface area (Å²) >= 11 is 0. The van der Waals surface area contributed by atoms with Crippen LogP contribution in [0.3, 0.4) is 0 Å². The maximum Gasteiger partial charge on any atom is 0.431 e. The van der Waals surface area contributed by atoms with Gasteiger partial charge in [-0.1, -0.05) is 42.7 Å². The highest BCUT2D eigenvalue weighted by atomic mass is 31.0. The third-order valence-electron chi connectivity index (χ3n) is 6.27. The number of amides is 1. The zero-order valence-electron chi connectivity index (χ0n) is 22.6. The summed E-state index contributed by atoms with van der Waals surface area (Å²) in [5, 5.41) is 4.57. The Hall–Kier alpha value is -3.11. The lowest BCUT2D eigenvalue weighted by Gasteiger charge is -2.21. The van der Waals surface area contributed by atoms with E-state index in [4.69, 9.17) is 0 Å². The fourth-order valence-corrected chi connectivity index (χ4v) is 4.73. The molecule has 0 radical (unpaired) electrons. The van der Waals surface area contributed by atoms with Crippen LogP contribution in [0.1, 0.15) is 45.2 Å². The third-order valence-corrected chi connectivity index (χ3v) is 6.78. The second kappa shape index (κ2) is 12.9. The van der Waals surface area contributed by atoms with Crippen molar-refractivity contribution in [3.05, 3.63) is 98.0 Å². The molecular weight excluding hydrogens is 631 g/mol. The van der Waals surface area contributed by atoms with E-state index in [0.29, 0.717) is 23.3 Å². The molecule has 0 aliphatic carbocycles. The molecule has 2 unspecified atom stereocenters. The van der Waals surface area contributed by atoms with E-state index in [1.807, 2.05) is 0 Å². The number of anilines is 1. The number of pyridine rings is 1. The van der Waals surface area contributed by atoms with Crippen LogP contribution in [0.15, 0.2) is 47.3 Å². The molecule has 0 fully saturated rings. The van der Waals surface area contributed by atoms with Crippen LogP contribution in [0.5, 0.6) is 0 Å². The third kappa shape index (κ3) is 8.95. The Labute approximate surface area is 244 Å². The van der Waals surface area contributed by atoms with Crippen molar-refractivity contribution in [2.45, 2.75) is 43.3 Å². The highest BCUT2D eigenvalue weighted by Crippen LogP contribution is 2.39. The minimum absolute atomic E-state index is 0.0728. The van der Waals surface area contributed by atoms with Gasteiger partial charge in [-0.05, 0) is 42.7 Å². The number of alkyl halides is 7. The number of nitrogens with zero attached hydrogens (tertiary/aromatic N) is 1. The molecule has 0 saturated carbocycles. The van der Waals surface area contributed by atoms with Crippen LogP contribution in [0.4, 0.5) is 45.2 Å². The molecule has 0 aliphatic rings. The molecule has 2 N–H and O–H groups in total. The van der Waals surface area contributed by atoms with Gasteiger partial charge in [0.05, 0.1) is 6.54 Å². The predicted molar refractivity (Wildman–Crippen MR) is 150 cm³/mol. The number of carbonyl (C=O) groups is 1. The normalized spacial score (nSPS) is 13.1. The Kier molecular flexibility index (Phi) is 10.3. The van der Waals surface area contributed by atoms with Gasteiger partial charge in [0.15, 0.2) is 0 Å². The summed E-state index contributed by atoms with van der Waals surface area (Å²) in [5.74, 6) is -3.70. The number of aromatic nitrogens is 1. The number of hydrogen-bond acceptors (Lipinski definition) is 3. The van der Waals surface area contributed by atoms with Crippen molar-refractivity contribution >= 4 is 30.1 Å². The second-order valence-electron chi connectivity index (χ2n) is 9.91. The van der Waals surface area contributed by atoms with Crippen LogP contribution in [-0.2, 0) is 31.7 Å². The highest BCUT2D eigenvalue weighted by molar-refractivity contribution is 7.18. The minimum Gasteiger partial charge on any atom is -0.378 e. The maximum absolute atomic E-state index is 14.5. The number of nitrogens with one attached hydrogen (secondary N) is 2. The van der Waals surface area contributed by atoms with E-state index in [-0.39, 0.29) is 22.7 Å². The van der Waals surface area contributed by atoms with E-state index in [0.717, 1.165) is 16.3 Å². The molecule has 16 heteroatoms. The van der Waals surface area contributed by atoms with Crippen molar-refractivity contribution in [1.82, 2.24) is 9.88 Å². The zero-order valence-corrected chi connectivity index (χ0v) is 24.9. The van der Waals surface area contributed by atoms with Crippen molar-refractivity contribution in [2.24, 2.45) is 7.05 Å². The molecule has 2 aromatic carbocycles.